The smallest absolute Gasteiger partial charge is 0.180 e. The summed E-state index contributed by atoms with van der Waals surface area (Å²) in [5.74, 6) is 2.05. The lowest BCUT2D eigenvalue weighted by Crippen LogP contribution is -2.25. The molecule has 0 aromatic carbocycles. The van der Waals surface area contributed by atoms with Crippen molar-refractivity contribution in [3.8, 4) is 0 Å². The molecule has 1 unspecified atom stereocenters. The second kappa shape index (κ2) is 4.48. The van der Waals surface area contributed by atoms with E-state index in [1.807, 2.05) is 10.6 Å². The number of aromatic nitrogens is 3. The van der Waals surface area contributed by atoms with E-state index in [9.17, 15) is 0 Å². The van der Waals surface area contributed by atoms with Gasteiger partial charge in [-0.3, -0.25) is 0 Å². The fourth-order valence-electron chi connectivity index (χ4n) is 2.84. The Balaban J connectivity index is 1.86. The number of hydrogen-bond donors (Lipinski definition) is 2. The Morgan fingerprint density at radius 1 is 1.44 bits per heavy atom. The molecule has 0 bridgehead atoms. The lowest BCUT2D eigenvalue weighted by atomic mass is 10.00. The molecule has 3 rings (SSSR count). The van der Waals surface area contributed by atoms with Crippen LogP contribution in [-0.2, 0) is 0 Å². The predicted octanol–water partition coefficient (Wildman–Crippen LogP) is 2.30. The summed E-state index contributed by atoms with van der Waals surface area (Å²) in [7, 11) is 0. The molecule has 5 nitrogen and oxygen atoms in total. The van der Waals surface area contributed by atoms with Crippen LogP contribution in [0.3, 0.4) is 0 Å². The first kappa shape index (κ1) is 11.3. The normalized spacial score (nSPS) is 18.3. The van der Waals surface area contributed by atoms with Crippen molar-refractivity contribution in [3.63, 3.8) is 0 Å². The molecule has 0 spiro atoms. The molecule has 2 heterocycles. The maximum absolute atomic E-state index is 5.81. The van der Waals surface area contributed by atoms with Gasteiger partial charge in [0.05, 0.1) is 6.20 Å². The van der Waals surface area contributed by atoms with Crippen LogP contribution < -0.4 is 11.1 Å². The first-order chi connectivity index (χ1) is 8.74. The van der Waals surface area contributed by atoms with Crippen molar-refractivity contribution in [2.45, 2.75) is 38.6 Å². The van der Waals surface area contributed by atoms with Crippen molar-refractivity contribution < 1.29 is 0 Å². The zero-order chi connectivity index (χ0) is 12.5. The average molecular weight is 245 g/mol. The molecule has 18 heavy (non-hydrogen) atoms. The molecule has 2 aromatic heterocycles. The third-order valence-corrected chi connectivity index (χ3v) is 3.86. The van der Waals surface area contributed by atoms with Gasteiger partial charge in [-0.05, 0) is 25.7 Å². The van der Waals surface area contributed by atoms with Crippen molar-refractivity contribution in [2.75, 3.05) is 11.1 Å². The molecular weight excluding hydrogens is 226 g/mol. The Bertz CT molecular complexity index is 541. The molecule has 2 aromatic rings. The number of rotatable bonds is 3. The molecule has 1 fully saturated rings. The van der Waals surface area contributed by atoms with Crippen molar-refractivity contribution in [1.82, 2.24) is 14.4 Å². The van der Waals surface area contributed by atoms with Crippen molar-refractivity contribution in [1.29, 1.82) is 0 Å². The molecule has 5 heteroatoms. The zero-order valence-electron chi connectivity index (χ0n) is 10.6. The molecule has 0 amide bonds. The summed E-state index contributed by atoms with van der Waals surface area (Å²) < 4.78 is 1.91. The van der Waals surface area contributed by atoms with Gasteiger partial charge in [0.1, 0.15) is 5.82 Å². The van der Waals surface area contributed by atoms with E-state index < -0.39 is 0 Å². The van der Waals surface area contributed by atoms with Gasteiger partial charge in [-0.25, -0.2) is 9.97 Å². The van der Waals surface area contributed by atoms with Crippen LogP contribution in [-0.4, -0.2) is 20.4 Å². The highest BCUT2D eigenvalue weighted by Crippen LogP contribution is 2.29. The third-order valence-electron chi connectivity index (χ3n) is 3.86. The molecule has 0 saturated heterocycles. The maximum Gasteiger partial charge on any atom is 0.180 e. The molecule has 1 saturated carbocycles. The maximum atomic E-state index is 5.81. The van der Waals surface area contributed by atoms with Crippen molar-refractivity contribution >= 4 is 17.3 Å². The van der Waals surface area contributed by atoms with Gasteiger partial charge in [0.25, 0.3) is 0 Å². The molecular formula is C13H19N5. The summed E-state index contributed by atoms with van der Waals surface area (Å²) in [5.41, 5.74) is 6.66. The van der Waals surface area contributed by atoms with Crippen LogP contribution in [0.25, 0.3) is 5.65 Å². The van der Waals surface area contributed by atoms with Gasteiger partial charge in [-0.1, -0.05) is 12.8 Å². The highest BCUT2D eigenvalue weighted by molar-refractivity contribution is 5.65. The molecule has 1 aliphatic rings. The number of nitrogens with zero attached hydrogens (tertiary/aromatic N) is 3. The summed E-state index contributed by atoms with van der Waals surface area (Å²) in [6.07, 6.45) is 10.7. The summed E-state index contributed by atoms with van der Waals surface area (Å²) in [6.45, 7) is 2.22. The topological polar surface area (TPSA) is 68.2 Å². The molecule has 1 aliphatic carbocycles. The van der Waals surface area contributed by atoms with Gasteiger partial charge in [0.2, 0.25) is 0 Å². The minimum absolute atomic E-state index is 0.419. The first-order valence-electron chi connectivity index (χ1n) is 6.60. The fourth-order valence-corrected chi connectivity index (χ4v) is 2.84. The predicted molar refractivity (Wildman–Crippen MR) is 72.4 cm³/mol. The van der Waals surface area contributed by atoms with Crippen LogP contribution in [0.5, 0.6) is 0 Å². The fraction of sp³-hybridized carbons (Fsp3) is 0.538. The number of nitrogens with two attached hydrogens (primary N) is 1. The Morgan fingerprint density at radius 3 is 3.00 bits per heavy atom. The van der Waals surface area contributed by atoms with Crippen LogP contribution in [0, 0.1) is 5.92 Å². The standard InChI is InChI=1S/C13H19N5/c1-9(10-4-2-3-5-10)16-12-13-15-6-7-18(13)8-11(14)17-12/h6-10H,2-5,14H2,1H3,(H,16,17). The SMILES string of the molecule is CC(Nc1nc(N)cn2ccnc12)C1CCCC1. The quantitative estimate of drug-likeness (QED) is 0.870. The highest BCUT2D eigenvalue weighted by atomic mass is 15.1. The average Bonchev–Trinajstić information content (AvgIpc) is 2.98. The second-order valence-electron chi connectivity index (χ2n) is 5.15. The number of anilines is 2. The van der Waals surface area contributed by atoms with E-state index in [1.165, 1.54) is 25.7 Å². The number of hydrogen-bond acceptors (Lipinski definition) is 4. The molecule has 0 radical (unpaired) electrons. The summed E-state index contributed by atoms with van der Waals surface area (Å²) in [5, 5.41) is 3.48. The Hall–Kier alpha value is -1.78. The largest absolute Gasteiger partial charge is 0.382 e. The lowest BCUT2D eigenvalue weighted by Gasteiger charge is -2.21. The first-order valence-corrected chi connectivity index (χ1v) is 6.60. The minimum Gasteiger partial charge on any atom is -0.382 e. The Morgan fingerprint density at radius 2 is 2.22 bits per heavy atom. The number of nitrogens with one attached hydrogen (secondary N) is 1. The van der Waals surface area contributed by atoms with Crippen LogP contribution in [0.15, 0.2) is 18.6 Å². The van der Waals surface area contributed by atoms with Gasteiger partial charge in [0.15, 0.2) is 11.5 Å². The second-order valence-corrected chi connectivity index (χ2v) is 5.15. The van der Waals surface area contributed by atoms with Crippen LogP contribution in [0.1, 0.15) is 32.6 Å². The van der Waals surface area contributed by atoms with Crippen LogP contribution in [0.4, 0.5) is 11.6 Å². The molecule has 1 atom stereocenters. The van der Waals surface area contributed by atoms with E-state index >= 15 is 0 Å². The Kier molecular flexibility index (Phi) is 2.81. The molecule has 0 aliphatic heterocycles. The van der Waals surface area contributed by atoms with Crippen molar-refractivity contribution in [3.05, 3.63) is 18.6 Å². The summed E-state index contributed by atoms with van der Waals surface area (Å²) >= 11 is 0. The molecule has 3 N–H and O–H groups in total. The van der Waals surface area contributed by atoms with Crippen LogP contribution >= 0.6 is 0 Å². The van der Waals surface area contributed by atoms with Gasteiger partial charge >= 0.3 is 0 Å². The van der Waals surface area contributed by atoms with E-state index in [0.29, 0.717) is 11.9 Å². The van der Waals surface area contributed by atoms with E-state index in [0.717, 1.165) is 17.4 Å². The third kappa shape index (κ3) is 2.00. The lowest BCUT2D eigenvalue weighted by molar-refractivity contribution is 0.481. The zero-order valence-corrected chi connectivity index (χ0v) is 10.6. The van der Waals surface area contributed by atoms with Gasteiger partial charge in [0, 0.05) is 18.4 Å². The van der Waals surface area contributed by atoms with E-state index in [4.69, 9.17) is 5.73 Å². The number of nitrogen functional groups attached to an aromatic ring is 1. The van der Waals surface area contributed by atoms with E-state index in [1.54, 1.807) is 12.4 Å². The number of fused-ring (bicyclic) bond motifs is 1. The van der Waals surface area contributed by atoms with Crippen LogP contribution in [0.2, 0.25) is 0 Å². The van der Waals surface area contributed by atoms with Gasteiger partial charge in [-0.2, -0.15) is 0 Å². The summed E-state index contributed by atoms with van der Waals surface area (Å²) in [4.78, 5) is 8.69. The van der Waals surface area contributed by atoms with E-state index in [2.05, 4.69) is 22.2 Å². The number of imidazole rings is 1. The van der Waals surface area contributed by atoms with Gasteiger partial charge < -0.3 is 15.5 Å². The highest BCUT2D eigenvalue weighted by Gasteiger charge is 2.22. The Labute approximate surface area is 106 Å². The summed E-state index contributed by atoms with van der Waals surface area (Å²) in [6, 6.07) is 0.419. The van der Waals surface area contributed by atoms with E-state index in [-0.39, 0.29) is 0 Å². The van der Waals surface area contributed by atoms with Crippen molar-refractivity contribution in [2.24, 2.45) is 5.92 Å². The minimum atomic E-state index is 0.419. The molecule has 96 valence electrons. The monoisotopic (exact) mass is 245 g/mol. The van der Waals surface area contributed by atoms with Gasteiger partial charge in [-0.15, -0.1) is 0 Å².